The highest BCUT2D eigenvalue weighted by Crippen LogP contribution is 2.26. The molecule has 3 rings (SSSR count). The van der Waals surface area contributed by atoms with Crippen molar-refractivity contribution >= 4 is 24.0 Å². The van der Waals surface area contributed by atoms with E-state index in [1.807, 2.05) is 39.9 Å². The molecular weight excluding hydrogens is 288 g/mol. The van der Waals surface area contributed by atoms with Crippen LogP contribution in [0.3, 0.4) is 0 Å². The summed E-state index contributed by atoms with van der Waals surface area (Å²) in [4.78, 5) is 18.2. The number of nitrogens with zero attached hydrogens (tertiary/aromatic N) is 3. The summed E-state index contributed by atoms with van der Waals surface area (Å²) in [6.45, 7) is 1.24. The van der Waals surface area contributed by atoms with Gasteiger partial charge in [-0.1, -0.05) is 18.2 Å². The van der Waals surface area contributed by atoms with E-state index in [9.17, 15) is 4.79 Å². The number of rotatable bonds is 3. The van der Waals surface area contributed by atoms with Crippen molar-refractivity contribution in [1.29, 1.82) is 0 Å². The zero-order chi connectivity index (χ0) is 13.9. The minimum Gasteiger partial charge on any atom is -0.337 e. The SMILES string of the molecule is Cl.NC1Cc2ccccc2N(C(=O)CCn2ccnc2)C1. The number of imidazole rings is 1. The molecule has 2 heterocycles. The number of halogens is 1. The fraction of sp³-hybridized carbons (Fsp3) is 0.333. The summed E-state index contributed by atoms with van der Waals surface area (Å²) in [6, 6.07) is 8.01. The summed E-state index contributed by atoms with van der Waals surface area (Å²) >= 11 is 0. The first-order valence-electron chi connectivity index (χ1n) is 6.83. The van der Waals surface area contributed by atoms with Gasteiger partial charge in [0.25, 0.3) is 0 Å². The Balaban J connectivity index is 0.00000161. The molecule has 1 aromatic carbocycles. The molecule has 1 aromatic heterocycles. The average molecular weight is 307 g/mol. The highest BCUT2D eigenvalue weighted by atomic mass is 35.5. The van der Waals surface area contributed by atoms with Crippen molar-refractivity contribution in [1.82, 2.24) is 9.55 Å². The van der Waals surface area contributed by atoms with E-state index in [2.05, 4.69) is 4.98 Å². The molecule has 0 spiro atoms. The molecule has 0 saturated carbocycles. The number of hydrogen-bond acceptors (Lipinski definition) is 3. The number of nitrogens with two attached hydrogens (primary N) is 1. The Hall–Kier alpha value is -1.85. The number of carbonyl (C=O) groups is 1. The maximum absolute atomic E-state index is 12.4. The number of fused-ring (bicyclic) bond motifs is 1. The second-order valence-corrected chi connectivity index (χ2v) is 5.15. The summed E-state index contributed by atoms with van der Waals surface area (Å²) in [6.07, 6.45) is 6.60. The van der Waals surface area contributed by atoms with Crippen molar-refractivity contribution < 1.29 is 4.79 Å². The lowest BCUT2D eigenvalue weighted by atomic mass is 9.98. The van der Waals surface area contributed by atoms with Crippen LogP contribution in [0, 0.1) is 0 Å². The molecule has 5 nitrogen and oxygen atoms in total. The largest absolute Gasteiger partial charge is 0.337 e. The molecule has 0 aliphatic carbocycles. The topological polar surface area (TPSA) is 64.2 Å². The van der Waals surface area contributed by atoms with Crippen LogP contribution in [0.2, 0.25) is 0 Å². The van der Waals surface area contributed by atoms with Gasteiger partial charge in [-0.05, 0) is 18.1 Å². The average Bonchev–Trinajstić information content (AvgIpc) is 2.97. The van der Waals surface area contributed by atoms with E-state index < -0.39 is 0 Å². The Kier molecular flexibility index (Phi) is 4.98. The summed E-state index contributed by atoms with van der Waals surface area (Å²) in [5, 5.41) is 0. The van der Waals surface area contributed by atoms with Crippen molar-refractivity contribution in [2.24, 2.45) is 5.73 Å². The van der Waals surface area contributed by atoms with E-state index in [1.165, 1.54) is 0 Å². The Labute approximate surface area is 130 Å². The predicted octanol–water partition coefficient (Wildman–Crippen LogP) is 1.61. The lowest BCUT2D eigenvalue weighted by Crippen LogP contribution is -2.46. The van der Waals surface area contributed by atoms with Gasteiger partial charge < -0.3 is 15.2 Å². The molecule has 2 N–H and O–H groups in total. The van der Waals surface area contributed by atoms with Gasteiger partial charge in [-0.15, -0.1) is 12.4 Å². The number of anilines is 1. The zero-order valence-corrected chi connectivity index (χ0v) is 12.5. The van der Waals surface area contributed by atoms with Crippen LogP contribution in [0.15, 0.2) is 43.0 Å². The van der Waals surface area contributed by atoms with E-state index >= 15 is 0 Å². The first kappa shape index (κ1) is 15.5. The highest BCUT2D eigenvalue weighted by molar-refractivity contribution is 5.94. The quantitative estimate of drug-likeness (QED) is 0.937. The van der Waals surface area contributed by atoms with Gasteiger partial charge in [-0.25, -0.2) is 4.98 Å². The lowest BCUT2D eigenvalue weighted by Gasteiger charge is -2.33. The summed E-state index contributed by atoms with van der Waals surface area (Å²) in [5.74, 6) is 0.112. The van der Waals surface area contributed by atoms with Gasteiger partial charge in [-0.3, -0.25) is 4.79 Å². The Morgan fingerprint density at radius 1 is 1.38 bits per heavy atom. The van der Waals surface area contributed by atoms with Crippen molar-refractivity contribution in [3.05, 3.63) is 48.5 Å². The molecule has 1 aliphatic rings. The summed E-state index contributed by atoms with van der Waals surface area (Å²) in [7, 11) is 0. The molecule has 1 unspecified atom stereocenters. The van der Waals surface area contributed by atoms with Crippen molar-refractivity contribution in [2.45, 2.75) is 25.4 Å². The van der Waals surface area contributed by atoms with E-state index in [-0.39, 0.29) is 24.4 Å². The second kappa shape index (κ2) is 6.74. The summed E-state index contributed by atoms with van der Waals surface area (Å²) < 4.78 is 1.91. The minimum absolute atomic E-state index is 0. The first-order valence-corrected chi connectivity index (χ1v) is 6.83. The molecular formula is C15H19ClN4O. The van der Waals surface area contributed by atoms with Crippen LogP contribution in [0.5, 0.6) is 0 Å². The third-order valence-electron chi connectivity index (χ3n) is 3.63. The monoisotopic (exact) mass is 306 g/mol. The highest BCUT2D eigenvalue weighted by Gasteiger charge is 2.25. The number of hydrogen-bond donors (Lipinski definition) is 1. The predicted molar refractivity (Wildman–Crippen MR) is 84.6 cm³/mol. The Bertz CT molecular complexity index is 599. The molecule has 1 aliphatic heterocycles. The van der Waals surface area contributed by atoms with Crippen LogP contribution in [-0.4, -0.2) is 28.0 Å². The molecule has 0 fully saturated rings. The molecule has 112 valence electrons. The third kappa shape index (κ3) is 3.43. The molecule has 2 aromatic rings. The normalized spacial score (nSPS) is 17.0. The number of carbonyl (C=O) groups excluding carboxylic acids is 1. The van der Waals surface area contributed by atoms with Crippen LogP contribution < -0.4 is 10.6 Å². The number of aromatic nitrogens is 2. The number of para-hydroxylation sites is 1. The molecule has 21 heavy (non-hydrogen) atoms. The number of amides is 1. The molecule has 0 radical (unpaired) electrons. The summed E-state index contributed by atoms with van der Waals surface area (Å²) in [5.41, 5.74) is 8.22. The van der Waals surface area contributed by atoms with Gasteiger partial charge in [0, 0.05) is 43.6 Å². The van der Waals surface area contributed by atoms with Gasteiger partial charge in [0.15, 0.2) is 0 Å². The lowest BCUT2D eigenvalue weighted by molar-refractivity contribution is -0.119. The Morgan fingerprint density at radius 3 is 2.95 bits per heavy atom. The van der Waals surface area contributed by atoms with E-state index in [0.29, 0.717) is 19.5 Å². The van der Waals surface area contributed by atoms with Crippen molar-refractivity contribution in [3.8, 4) is 0 Å². The van der Waals surface area contributed by atoms with Crippen LogP contribution in [0.25, 0.3) is 0 Å². The number of aryl methyl sites for hydroxylation is 1. The first-order chi connectivity index (χ1) is 9.74. The fourth-order valence-corrected chi connectivity index (χ4v) is 2.64. The third-order valence-corrected chi connectivity index (χ3v) is 3.63. The van der Waals surface area contributed by atoms with Crippen molar-refractivity contribution in [3.63, 3.8) is 0 Å². The molecule has 1 amide bonds. The molecule has 0 bridgehead atoms. The fourth-order valence-electron chi connectivity index (χ4n) is 2.64. The van der Waals surface area contributed by atoms with Gasteiger partial charge in [0.2, 0.25) is 5.91 Å². The van der Waals surface area contributed by atoms with E-state index in [0.717, 1.165) is 17.7 Å². The van der Waals surface area contributed by atoms with Crippen LogP contribution in [0.4, 0.5) is 5.69 Å². The minimum atomic E-state index is 0. The molecule has 0 saturated heterocycles. The van der Waals surface area contributed by atoms with Crippen molar-refractivity contribution in [2.75, 3.05) is 11.4 Å². The zero-order valence-electron chi connectivity index (χ0n) is 11.7. The van der Waals surface area contributed by atoms with Gasteiger partial charge in [-0.2, -0.15) is 0 Å². The maximum Gasteiger partial charge on any atom is 0.228 e. The van der Waals surface area contributed by atoms with Crippen LogP contribution >= 0.6 is 12.4 Å². The smallest absolute Gasteiger partial charge is 0.228 e. The van der Waals surface area contributed by atoms with E-state index in [1.54, 1.807) is 12.5 Å². The van der Waals surface area contributed by atoms with Crippen LogP contribution in [0.1, 0.15) is 12.0 Å². The van der Waals surface area contributed by atoms with Gasteiger partial charge in [0.1, 0.15) is 0 Å². The maximum atomic E-state index is 12.4. The second-order valence-electron chi connectivity index (χ2n) is 5.15. The van der Waals surface area contributed by atoms with Crippen LogP contribution in [-0.2, 0) is 17.8 Å². The van der Waals surface area contributed by atoms with Gasteiger partial charge in [0.05, 0.1) is 6.33 Å². The van der Waals surface area contributed by atoms with E-state index in [4.69, 9.17) is 5.73 Å². The molecule has 1 atom stereocenters. The standard InChI is InChI=1S/C15H18N4O.ClH/c16-13-9-12-3-1-2-4-14(12)19(10-13)15(20)5-7-18-8-6-17-11-18;/h1-4,6,8,11,13H,5,7,9-10,16H2;1H. The van der Waals surface area contributed by atoms with Gasteiger partial charge >= 0.3 is 0 Å². The Morgan fingerprint density at radius 2 is 2.19 bits per heavy atom. The number of benzene rings is 1. The molecule has 6 heteroatoms.